The first-order chi connectivity index (χ1) is 10.6. The Labute approximate surface area is 133 Å². The molecule has 0 N–H and O–H groups in total. The van der Waals surface area contributed by atoms with Crippen LogP contribution in [0.1, 0.15) is 19.4 Å². The van der Waals surface area contributed by atoms with Crippen molar-refractivity contribution >= 4 is 23.5 Å². The molecule has 7 heteroatoms. The summed E-state index contributed by atoms with van der Waals surface area (Å²) < 4.78 is 20.4. The summed E-state index contributed by atoms with van der Waals surface area (Å²) >= 11 is 6.18. The number of esters is 2. The topological polar surface area (TPSA) is 71.1 Å². The molecular formula is C15H17ClO6. The minimum atomic E-state index is -1.06. The first-order valence-corrected chi connectivity index (χ1v) is 7.35. The number of rotatable bonds is 6. The van der Waals surface area contributed by atoms with E-state index in [9.17, 15) is 9.59 Å². The van der Waals surface area contributed by atoms with Crippen LogP contribution in [0.25, 0.3) is 0 Å². The van der Waals surface area contributed by atoms with Crippen LogP contribution in [0.3, 0.4) is 0 Å². The molecule has 0 unspecified atom stereocenters. The molecule has 0 aliphatic carbocycles. The average Bonchev–Trinajstić information content (AvgIpc) is 2.91. The molecule has 0 bridgehead atoms. The summed E-state index contributed by atoms with van der Waals surface area (Å²) in [5.74, 6) is -1.24. The predicted octanol–water partition coefficient (Wildman–Crippen LogP) is 2.35. The summed E-state index contributed by atoms with van der Waals surface area (Å²) in [5, 5.41) is 0.392. The third kappa shape index (κ3) is 3.62. The van der Waals surface area contributed by atoms with E-state index in [0.717, 1.165) is 0 Å². The van der Waals surface area contributed by atoms with Crippen molar-refractivity contribution in [2.24, 2.45) is 5.92 Å². The first kappa shape index (κ1) is 16.4. The van der Waals surface area contributed by atoms with E-state index in [1.165, 1.54) is 0 Å². The maximum absolute atomic E-state index is 12.0. The van der Waals surface area contributed by atoms with Gasteiger partial charge in [-0.3, -0.25) is 9.59 Å². The van der Waals surface area contributed by atoms with Gasteiger partial charge >= 0.3 is 11.9 Å². The molecule has 120 valence electrons. The summed E-state index contributed by atoms with van der Waals surface area (Å²) in [6, 6.07) is 3.27. The van der Waals surface area contributed by atoms with Gasteiger partial charge in [-0.05, 0) is 31.9 Å². The molecule has 0 saturated carbocycles. The highest BCUT2D eigenvalue weighted by Crippen LogP contribution is 2.37. The third-order valence-corrected chi connectivity index (χ3v) is 3.46. The second-order valence-corrected chi connectivity index (χ2v) is 4.96. The number of hydrogen-bond donors (Lipinski definition) is 0. The normalized spacial score (nSPS) is 12.4. The zero-order chi connectivity index (χ0) is 16.1. The van der Waals surface area contributed by atoms with Gasteiger partial charge in [0.25, 0.3) is 0 Å². The van der Waals surface area contributed by atoms with Gasteiger partial charge in [0, 0.05) is 11.1 Å². The molecule has 0 amide bonds. The van der Waals surface area contributed by atoms with Crippen molar-refractivity contribution in [1.29, 1.82) is 0 Å². The Bertz CT molecular complexity index is 553. The van der Waals surface area contributed by atoms with Crippen molar-refractivity contribution < 1.29 is 28.5 Å². The molecular weight excluding hydrogens is 312 g/mol. The minimum absolute atomic E-state index is 0.0765. The summed E-state index contributed by atoms with van der Waals surface area (Å²) in [5.41, 5.74) is 0.594. The fraction of sp³-hybridized carbons (Fsp3) is 0.467. The van der Waals surface area contributed by atoms with Crippen LogP contribution >= 0.6 is 11.6 Å². The molecule has 2 rings (SSSR count). The van der Waals surface area contributed by atoms with E-state index in [1.807, 2.05) is 0 Å². The Morgan fingerprint density at radius 3 is 2.23 bits per heavy atom. The fourth-order valence-electron chi connectivity index (χ4n) is 2.08. The number of carbonyl (C=O) groups is 2. The first-order valence-electron chi connectivity index (χ1n) is 6.98. The van der Waals surface area contributed by atoms with Crippen molar-refractivity contribution in [3.05, 3.63) is 22.7 Å². The number of carbonyl (C=O) groups excluding carboxylic acids is 2. The van der Waals surface area contributed by atoms with Gasteiger partial charge in [-0.15, -0.1) is 0 Å². The van der Waals surface area contributed by atoms with Gasteiger partial charge in [0.1, 0.15) is 0 Å². The van der Waals surface area contributed by atoms with Crippen LogP contribution < -0.4 is 9.47 Å². The SMILES string of the molecule is CCOC(=O)C(Cc1cc2c(cc1Cl)OCO2)C(=O)OCC. The lowest BCUT2D eigenvalue weighted by molar-refractivity contribution is -0.161. The molecule has 0 aromatic heterocycles. The van der Waals surface area contributed by atoms with Crippen LogP contribution in [-0.4, -0.2) is 31.9 Å². The van der Waals surface area contributed by atoms with Gasteiger partial charge in [-0.2, -0.15) is 0 Å². The van der Waals surface area contributed by atoms with Crippen LogP contribution in [0.5, 0.6) is 11.5 Å². The standard InChI is InChI=1S/C15H17ClO6/c1-3-19-14(17)10(15(18)20-4-2)5-9-6-12-13(7-11(9)16)22-8-21-12/h6-7,10H,3-5,8H2,1-2H3. The van der Waals surface area contributed by atoms with Gasteiger partial charge in [0.05, 0.1) is 13.2 Å². The predicted molar refractivity (Wildman–Crippen MR) is 78.0 cm³/mol. The average molecular weight is 329 g/mol. The third-order valence-electron chi connectivity index (χ3n) is 3.11. The van der Waals surface area contributed by atoms with E-state index in [0.29, 0.717) is 22.1 Å². The van der Waals surface area contributed by atoms with E-state index in [4.69, 9.17) is 30.5 Å². The molecule has 0 atom stereocenters. The molecule has 1 heterocycles. The summed E-state index contributed by atoms with van der Waals surface area (Å²) in [6.07, 6.45) is 0.0765. The smallest absolute Gasteiger partial charge is 0.320 e. The maximum atomic E-state index is 12.0. The molecule has 22 heavy (non-hydrogen) atoms. The number of hydrogen-bond acceptors (Lipinski definition) is 6. The molecule has 0 fully saturated rings. The fourth-order valence-corrected chi connectivity index (χ4v) is 2.32. The van der Waals surface area contributed by atoms with Crippen molar-refractivity contribution in [2.75, 3.05) is 20.0 Å². The zero-order valence-corrected chi connectivity index (χ0v) is 13.1. The lowest BCUT2D eigenvalue weighted by atomic mass is 9.99. The second-order valence-electron chi connectivity index (χ2n) is 4.56. The van der Waals surface area contributed by atoms with E-state index in [-0.39, 0.29) is 26.4 Å². The van der Waals surface area contributed by atoms with Gasteiger partial charge in [-0.25, -0.2) is 0 Å². The molecule has 1 aromatic carbocycles. The quantitative estimate of drug-likeness (QED) is 0.589. The van der Waals surface area contributed by atoms with Crippen LogP contribution in [0.4, 0.5) is 0 Å². The molecule has 1 aromatic rings. The summed E-state index contributed by atoms with van der Waals surface area (Å²) in [4.78, 5) is 24.0. The lowest BCUT2D eigenvalue weighted by Crippen LogP contribution is -2.30. The highest BCUT2D eigenvalue weighted by molar-refractivity contribution is 6.31. The van der Waals surface area contributed by atoms with E-state index in [2.05, 4.69) is 0 Å². The number of ether oxygens (including phenoxy) is 4. The lowest BCUT2D eigenvalue weighted by Gasteiger charge is -2.15. The molecule has 1 aliphatic rings. The van der Waals surface area contributed by atoms with Gasteiger partial charge in [-0.1, -0.05) is 11.6 Å². The van der Waals surface area contributed by atoms with Crippen molar-refractivity contribution in [3.8, 4) is 11.5 Å². The Kier molecular flexibility index (Phi) is 5.49. The van der Waals surface area contributed by atoms with Crippen molar-refractivity contribution in [3.63, 3.8) is 0 Å². The largest absolute Gasteiger partial charge is 0.465 e. The van der Waals surface area contributed by atoms with Gasteiger partial charge in [0.2, 0.25) is 6.79 Å². The minimum Gasteiger partial charge on any atom is -0.465 e. The summed E-state index contributed by atoms with van der Waals surface area (Å²) in [7, 11) is 0. The maximum Gasteiger partial charge on any atom is 0.320 e. The monoisotopic (exact) mass is 328 g/mol. The Morgan fingerprint density at radius 1 is 1.14 bits per heavy atom. The Hall–Kier alpha value is -1.95. The molecule has 0 spiro atoms. The molecule has 0 saturated heterocycles. The highest BCUT2D eigenvalue weighted by Gasteiger charge is 2.31. The Morgan fingerprint density at radius 2 is 1.68 bits per heavy atom. The van der Waals surface area contributed by atoms with Gasteiger partial charge < -0.3 is 18.9 Å². The summed E-state index contributed by atoms with van der Waals surface area (Å²) in [6.45, 7) is 3.84. The molecule has 1 aliphatic heterocycles. The van der Waals surface area contributed by atoms with E-state index < -0.39 is 17.9 Å². The highest BCUT2D eigenvalue weighted by atomic mass is 35.5. The number of halogens is 1. The second kappa shape index (κ2) is 7.35. The number of benzene rings is 1. The van der Waals surface area contributed by atoms with Gasteiger partial charge in [0.15, 0.2) is 17.4 Å². The van der Waals surface area contributed by atoms with Crippen molar-refractivity contribution in [1.82, 2.24) is 0 Å². The molecule has 0 radical (unpaired) electrons. The number of fused-ring (bicyclic) bond motifs is 1. The van der Waals surface area contributed by atoms with Crippen LogP contribution in [0.2, 0.25) is 5.02 Å². The molecule has 6 nitrogen and oxygen atoms in total. The van der Waals surface area contributed by atoms with Crippen LogP contribution in [0, 0.1) is 5.92 Å². The van der Waals surface area contributed by atoms with E-state index in [1.54, 1.807) is 26.0 Å². The van der Waals surface area contributed by atoms with E-state index >= 15 is 0 Å². The van der Waals surface area contributed by atoms with Crippen LogP contribution in [0.15, 0.2) is 12.1 Å². The zero-order valence-electron chi connectivity index (χ0n) is 12.4. The van der Waals surface area contributed by atoms with Crippen LogP contribution in [-0.2, 0) is 25.5 Å². The van der Waals surface area contributed by atoms with Crippen molar-refractivity contribution in [2.45, 2.75) is 20.3 Å². The Balaban J connectivity index is 2.23.